The minimum atomic E-state index is -1.03. The molecule has 0 saturated heterocycles. The lowest BCUT2D eigenvalue weighted by Crippen LogP contribution is -2.46. The normalized spacial score (nSPS) is 20.2. The van der Waals surface area contributed by atoms with Crippen molar-refractivity contribution in [3.8, 4) is 0 Å². The van der Waals surface area contributed by atoms with Gasteiger partial charge in [0, 0.05) is 12.1 Å². The van der Waals surface area contributed by atoms with Crippen LogP contribution >= 0.6 is 0 Å². The van der Waals surface area contributed by atoms with Crippen LogP contribution in [-0.4, -0.2) is 48.6 Å². The van der Waals surface area contributed by atoms with Gasteiger partial charge in [0.2, 0.25) is 10.7 Å². The summed E-state index contributed by atoms with van der Waals surface area (Å²) >= 11 is 0. The van der Waals surface area contributed by atoms with Crippen molar-refractivity contribution in [1.29, 1.82) is 0 Å². The highest BCUT2D eigenvalue weighted by Gasteiger charge is 2.42. The fraction of sp³-hybridized carbons (Fsp3) is 0.222. The van der Waals surface area contributed by atoms with Crippen LogP contribution in [-0.2, 0) is 0 Å². The average molecular weight is 352 g/mol. The first kappa shape index (κ1) is 16.1. The van der Waals surface area contributed by atoms with Gasteiger partial charge >= 0.3 is 24.3 Å². The minimum absolute atomic E-state index is 0.140. The van der Waals surface area contributed by atoms with Crippen LogP contribution in [0.4, 0.5) is 0 Å². The number of rotatable bonds is 3. The van der Waals surface area contributed by atoms with Crippen LogP contribution in [0.15, 0.2) is 46.4 Å². The van der Waals surface area contributed by atoms with Crippen molar-refractivity contribution >= 4 is 11.9 Å². The number of hydrogen-bond donors (Lipinski definition) is 2. The Morgan fingerprint density at radius 1 is 0.808 bits per heavy atom. The van der Waals surface area contributed by atoms with Gasteiger partial charge in [-0.25, -0.2) is 19.6 Å². The zero-order chi connectivity index (χ0) is 18.6. The molecule has 2 aliphatic rings. The van der Waals surface area contributed by atoms with Crippen molar-refractivity contribution in [3.05, 3.63) is 69.0 Å². The van der Waals surface area contributed by atoms with Crippen LogP contribution in [0.3, 0.4) is 0 Å². The van der Waals surface area contributed by atoms with Gasteiger partial charge in [0.25, 0.3) is 0 Å². The molecule has 0 bridgehead atoms. The van der Waals surface area contributed by atoms with E-state index in [0.717, 1.165) is 0 Å². The maximum atomic E-state index is 11.5. The van der Waals surface area contributed by atoms with Crippen LogP contribution in [0.1, 0.15) is 20.7 Å². The first-order valence-corrected chi connectivity index (χ1v) is 8.00. The zero-order valence-corrected chi connectivity index (χ0v) is 14.1. The van der Waals surface area contributed by atoms with Gasteiger partial charge in [-0.05, 0) is 12.1 Å². The van der Waals surface area contributed by atoms with Crippen LogP contribution in [0.25, 0.3) is 0 Å². The SMILES string of the molecule is C[N+]1=c2cccc(C(=O)O)c2=NC1C1N=c2c(C(=O)O)cccc2=[N+]1C. The van der Waals surface area contributed by atoms with Gasteiger partial charge in [-0.2, -0.15) is 9.15 Å². The molecule has 0 aliphatic carbocycles. The second-order valence-corrected chi connectivity index (χ2v) is 6.26. The summed E-state index contributed by atoms with van der Waals surface area (Å²) in [5, 5.41) is 21.1. The molecule has 0 saturated carbocycles. The number of carboxylic acids is 2. The summed E-state index contributed by atoms with van der Waals surface area (Å²) in [5.74, 6) is -2.07. The molecule has 0 fully saturated rings. The Bertz CT molecular complexity index is 1140. The smallest absolute Gasteiger partial charge is 0.338 e. The third-order valence-electron chi connectivity index (χ3n) is 4.83. The van der Waals surface area contributed by atoms with E-state index in [4.69, 9.17) is 0 Å². The monoisotopic (exact) mass is 352 g/mol. The maximum Gasteiger partial charge on any atom is 0.338 e. The molecule has 2 aromatic rings. The number of nitrogens with zero attached hydrogens (tertiary/aromatic N) is 4. The number of fused-ring (bicyclic) bond motifs is 2. The molecule has 2 N–H and O–H groups in total. The van der Waals surface area contributed by atoms with E-state index in [1.807, 2.05) is 35.4 Å². The Balaban J connectivity index is 1.93. The van der Waals surface area contributed by atoms with Gasteiger partial charge in [-0.15, -0.1) is 0 Å². The molecule has 4 rings (SSSR count). The van der Waals surface area contributed by atoms with E-state index in [1.54, 1.807) is 12.1 Å². The topological polar surface area (TPSA) is 105 Å². The summed E-state index contributed by atoms with van der Waals surface area (Å²) in [5.41, 5.74) is 0.280. The molecular weight excluding hydrogens is 336 g/mol. The van der Waals surface area contributed by atoms with Crippen molar-refractivity contribution in [2.45, 2.75) is 12.3 Å². The molecule has 2 atom stereocenters. The van der Waals surface area contributed by atoms with Crippen molar-refractivity contribution in [1.82, 2.24) is 9.15 Å². The van der Waals surface area contributed by atoms with Crippen molar-refractivity contribution in [2.75, 3.05) is 14.1 Å². The van der Waals surface area contributed by atoms with Crippen LogP contribution in [0, 0.1) is 0 Å². The van der Waals surface area contributed by atoms with Crippen LogP contribution in [0.2, 0.25) is 0 Å². The van der Waals surface area contributed by atoms with E-state index in [-0.39, 0.29) is 11.1 Å². The maximum absolute atomic E-state index is 11.5. The fourth-order valence-electron chi connectivity index (χ4n) is 3.50. The third-order valence-corrected chi connectivity index (χ3v) is 4.83. The molecule has 0 radical (unpaired) electrons. The molecule has 130 valence electrons. The average Bonchev–Trinajstić information content (AvgIpc) is 3.12. The van der Waals surface area contributed by atoms with E-state index in [9.17, 15) is 19.8 Å². The number of benzene rings is 2. The number of carboxylic acid groups (broad SMARTS) is 2. The summed E-state index contributed by atoms with van der Waals surface area (Å²) in [6.45, 7) is 0. The van der Waals surface area contributed by atoms with E-state index in [0.29, 0.717) is 21.4 Å². The summed E-state index contributed by atoms with van der Waals surface area (Å²) in [6.07, 6.45) is -0.908. The zero-order valence-electron chi connectivity index (χ0n) is 14.1. The first-order valence-electron chi connectivity index (χ1n) is 8.00. The molecule has 2 aliphatic heterocycles. The van der Waals surface area contributed by atoms with Crippen LogP contribution < -0.4 is 30.6 Å². The molecule has 0 spiro atoms. The Hall–Kier alpha value is -3.42. The van der Waals surface area contributed by atoms with E-state index in [2.05, 4.69) is 9.98 Å². The lowest BCUT2D eigenvalue weighted by atomic mass is 10.2. The number of likely N-dealkylation sites (N-methyl/N-ethyl adjacent to an activating group) is 2. The minimum Gasteiger partial charge on any atom is -0.478 e. The van der Waals surface area contributed by atoms with Gasteiger partial charge in [0.1, 0.15) is 14.1 Å². The Kier molecular flexibility index (Phi) is 3.43. The Morgan fingerprint density at radius 3 is 1.54 bits per heavy atom. The van der Waals surface area contributed by atoms with Crippen molar-refractivity contribution < 1.29 is 19.8 Å². The van der Waals surface area contributed by atoms with Crippen LogP contribution in [0.5, 0.6) is 0 Å². The molecule has 2 aromatic carbocycles. The summed E-state index contributed by atoms with van der Waals surface area (Å²) in [6, 6.07) is 10.0. The predicted octanol–water partition coefficient (Wildman–Crippen LogP) is -2.06. The summed E-state index contributed by atoms with van der Waals surface area (Å²) in [7, 11) is 3.66. The fourth-order valence-corrected chi connectivity index (χ4v) is 3.50. The molecule has 8 nitrogen and oxygen atoms in total. The molecule has 0 aromatic heterocycles. The van der Waals surface area contributed by atoms with Crippen molar-refractivity contribution in [3.63, 3.8) is 0 Å². The molecule has 8 heteroatoms. The largest absolute Gasteiger partial charge is 0.478 e. The second kappa shape index (κ2) is 5.55. The lowest BCUT2D eigenvalue weighted by molar-refractivity contribution is 0.0684. The predicted molar refractivity (Wildman–Crippen MR) is 90.3 cm³/mol. The van der Waals surface area contributed by atoms with Gasteiger partial charge in [0.15, 0.2) is 10.7 Å². The van der Waals surface area contributed by atoms with Crippen molar-refractivity contribution in [2.24, 2.45) is 9.98 Å². The summed E-state index contributed by atoms with van der Waals surface area (Å²) < 4.78 is 3.75. The Labute approximate surface area is 147 Å². The standard InChI is InChI=1S/C18H14N4O4/c1-21-11-7-3-5-9(17(23)24)13(11)19-15(21)16-20-14-10(18(25)26)6-4-8-12(14)22(16)2/h3-8,15-16H,1-2H3/p+2. The number of aromatic carboxylic acids is 2. The lowest BCUT2D eigenvalue weighted by Gasteiger charge is -2.07. The first-order chi connectivity index (χ1) is 12.4. The second-order valence-electron chi connectivity index (χ2n) is 6.26. The quantitative estimate of drug-likeness (QED) is 0.620. The Morgan fingerprint density at radius 2 is 1.19 bits per heavy atom. The molecule has 2 heterocycles. The highest BCUT2D eigenvalue weighted by molar-refractivity contribution is 5.87. The van der Waals surface area contributed by atoms with E-state index >= 15 is 0 Å². The number of para-hydroxylation sites is 2. The highest BCUT2D eigenvalue weighted by atomic mass is 16.4. The molecule has 0 amide bonds. The van der Waals surface area contributed by atoms with Gasteiger partial charge in [0.05, 0.1) is 11.1 Å². The molecule has 2 unspecified atom stereocenters. The highest BCUT2D eigenvalue weighted by Crippen LogP contribution is 2.07. The molecule has 26 heavy (non-hydrogen) atoms. The van der Waals surface area contributed by atoms with Gasteiger partial charge in [-0.3, -0.25) is 0 Å². The van der Waals surface area contributed by atoms with E-state index < -0.39 is 24.3 Å². The number of hydrogen-bond acceptors (Lipinski definition) is 4. The number of carbonyl (C=O) groups is 2. The van der Waals surface area contributed by atoms with E-state index in [1.165, 1.54) is 12.1 Å². The van der Waals surface area contributed by atoms with Gasteiger partial charge in [-0.1, -0.05) is 12.1 Å². The molecular formula is C18H16N4O4+2. The summed E-state index contributed by atoms with van der Waals surface area (Å²) in [4.78, 5) is 32.2. The van der Waals surface area contributed by atoms with Gasteiger partial charge < -0.3 is 10.2 Å². The third kappa shape index (κ3) is 2.15.